The van der Waals surface area contributed by atoms with Crippen molar-refractivity contribution in [2.45, 2.75) is 88.5 Å². The lowest BCUT2D eigenvalue weighted by atomic mass is 9.99. The predicted molar refractivity (Wildman–Crippen MR) is 145 cm³/mol. The van der Waals surface area contributed by atoms with Gasteiger partial charge < -0.3 is 24.0 Å². The van der Waals surface area contributed by atoms with Crippen molar-refractivity contribution < 1.29 is 31.5 Å². The van der Waals surface area contributed by atoms with Crippen LogP contribution in [0.2, 0.25) is 0 Å². The van der Waals surface area contributed by atoms with E-state index in [1.54, 1.807) is 23.0 Å². The highest BCUT2D eigenvalue weighted by Gasteiger charge is 2.43. The Morgan fingerprint density at radius 3 is 2.61 bits per heavy atom. The van der Waals surface area contributed by atoms with Crippen LogP contribution in [0, 0.1) is 0 Å². The van der Waals surface area contributed by atoms with Crippen LogP contribution in [0.1, 0.15) is 67.9 Å². The van der Waals surface area contributed by atoms with Crippen molar-refractivity contribution in [1.82, 2.24) is 24.5 Å². The molecule has 0 saturated carbocycles. The summed E-state index contributed by atoms with van der Waals surface area (Å²) in [6, 6.07) is 3.23. The van der Waals surface area contributed by atoms with Gasteiger partial charge in [0.2, 0.25) is 0 Å². The third-order valence-electron chi connectivity index (χ3n) is 8.94. The molecular weight excluding hydrogens is 539 g/mol. The van der Waals surface area contributed by atoms with Gasteiger partial charge in [-0.1, -0.05) is 0 Å². The van der Waals surface area contributed by atoms with Crippen LogP contribution in [0.15, 0.2) is 18.3 Å². The first-order valence-electron chi connectivity index (χ1n) is 15.9. The molecule has 3 aromatic rings. The van der Waals surface area contributed by atoms with Crippen LogP contribution in [-0.2, 0) is 20.4 Å². The molecule has 4 saturated heterocycles. The SMILES string of the molecule is [2H]C([2H])([2H])OC1CCN(c2cc(N3C4CCC3COC4)nc3c2c(C(F)(F)F)nn3-c2ccn(C3CCCCO3)n2)[C@H](C)C1. The average Bonchev–Trinajstić information content (AvgIpc) is 3.66. The van der Waals surface area contributed by atoms with Gasteiger partial charge in [-0.2, -0.15) is 28.1 Å². The smallest absolute Gasteiger partial charge is 0.381 e. The van der Waals surface area contributed by atoms with E-state index in [0.29, 0.717) is 50.7 Å². The predicted octanol–water partition coefficient (Wildman–Crippen LogP) is 4.71. The summed E-state index contributed by atoms with van der Waals surface area (Å²) in [6.45, 7) is 3.85. The summed E-state index contributed by atoms with van der Waals surface area (Å²) in [5, 5.41) is 8.62. The molecule has 0 N–H and O–H groups in total. The van der Waals surface area contributed by atoms with E-state index in [1.807, 2.05) is 11.8 Å². The Kier molecular flexibility index (Phi) is 6.01. The maximum atomic E-state index is 14.7. The van der Waals surface area contributed by atoms with Gasteiger partial charge in [0.1, 0.15) is 12.0 Å². The van der Waals surface area contributed by atoms with Gasteiger partial charge in [-0.25, -0.2) is 9.67 Å². The number of nitrogens with zero attached hydrogens (tertiary/aromatic N) is 7. The van der Waals surface area contributed by atoms with Gasteiger partial charge in [0, 0.05) is 44.6 Å². The molecule has 41 heavy (non-hydrogen) atoms. The van der Waals surface area contributed by atoms with E-state index in [1.165, 1.54) is 4.68 Å². The van der Waals surface area contributed by atoms with E-state index in [4.69, 9.17) is 23.3 Å². The minimum absolute atomic E-state index is 0.0681. The summed E-state index contributed by atoms with van der Waals surface area (Å²) in [4.78, 5) is 8.97. The van der Waals surface area contributed by atoms with Crippen molar-refractivity contribution in [1.29, 1.82) is 0 Å². The zero-order chi connectivity index (χ0) is 30.8. The lowest BCUT2D eigenvalue weighted by Crippen LogP contribution is -2.47. The molecule has 4 fully saturated rings. The minimum Gasteiger partial charge on any atom is -0.381 e. The molecule has 7 rings (SSSR count). The number of hydrogen-bond donors (Lipinski definition) is 0. The van der Waals surface area contributed by atoms with Crippen LogP contribution < -0.4 is 9.80 Å². The average molecular weight is 579 g/mol. The number of ether oxygens (including phenoxy) is 3. The number of halogens is 3. The fourth-order valence-corrected chi connectivity index (χ4v) is 6.93. The Bertz CT molecular complexity index is 1490. The number of piperidine rings is 1. The molecule has 3 aromatic heterocycles. The molecule has 0 radical (unpaired) electrons. The van der Waals surface area contributed by atoms with E-state index >= 15 is 0 Å². The number of hydrogen-bond acceptors (Lipinski definition) is 8. The van der Waals surface area contributed by atoms with Gasteiger partial charge >= 0.3 is 6.18 Å². The summed E-state index contributed by atoms with van der Waals surface area (Å²) in [5.74, 6) is 0.791. The van der Waals surface area contributed by atoms with Crippen molar-refractivity contribution in [3.05, 3.63) is 24.0 Å². The molecule has 0 aliphatic carbocycles. The molecule has 5 atom stereocenters. The maximum Gasteiger partial charge on any atom is 0.435 e. The molecule has 0 amide bonds. The first kappa shape index (κ1) is 23.6. The monoisotopic (exact) mass is 578 g/mol. The molecule has 7 heterocycles. The van der Waals surface area contributed by atoms with Gasteiger partial charge in [0.25, 0.3) is 0 Å². The van der Waals surface area contributed by atoms with E-state index < -0.39 is 25.0 Å². The first-order chi connectivity index (χ1) is 21.0. The molecule has 13 heteroatoms. The second-order valence-corrected chi connectivity index (χ2v) is 11.6. The number of alkyl halides is 3. The summed E-state index contributed by atoms with van der Waals surface area (Å²) >= 11 is 0. The first-order valence-corrected chi connectivity index (χ1v) is 14.4. The molecule has 222 valence electrons. The molecule has 0 spiro atoms. The van der Waals surface area contributed by atoms with Crippen molar-refractivity contribution in [3.63, 3.8) is 0 Å². The van der Waals surface area contributed by atoms with Crippen LogP contribution in [-0.4, -0.2) is 82.2 Å². The topological polar surface area (TPSA) is 82.7 Å². The number of morpholine rings is 1. The highest BCUT2D eigenvalue weighted by atomic mass is 19.4. The van der Waals surface area contributed by atoms with E-state index in [2.05, 4.69) is 15.1 Å². The van der Waals surface area contributed by atoms with Crippen LogP contribution in [0.4, 0.5) is 24.7 Å². The fraction of sp³-hybridized carbons (Fsp3) is 0.679. The van der Waals surface area contributed by atoms with E-state index in [0.717, 1.165) is 32.1 Å². The number of rotatable bonds is 5. The Balaban J connectivity index is 1.37. The molecule has 10 nitrogen and oxygen atoms in total. The Labute approximate surface area is 240 Å². The van der Waals surface area contributed by atoms with Crippen molar-refractivity contribution in [2.75, 3.05) is 43.2 Å². The van der Waals surface area contributed by atoms with E-state index in [9.17, 15) is 13.2 Å². The number of fused-ring (bicyclic) bond motifs is 3. The largest absolute Gasteiger partial charge is 0.435 e. The zero-order valence-electron chi connectivity index (χ0n) is 25.9. The molecular formula is C28H36F3N7O3. The van der Waals surface area contributed by atoms with Gasteiger partial charge in [-0.05, 0) is 51.9 Å². The summed E-state index contributed by atoms with van der Waals surface area (Å²) in [5.41, 5.74) is -0.606. The highest BCUT2D eigenvalue weighted by Crippen LogP contribution is 2.44. The van der Waals surface area contributed by atoms with Crippen LogP contribution in [0.5, 0.6) is 0 Å². The summed E-state index contributed by atoms with van der Waals surface area (Å²) in [6.07, 6.45) is 1.34. The Morgan fingerprint density at radius 2 is 1.90 bits per heavy atom. The molecule has 4 aliphatic heterocycles. The van der Waals surface area contributed by atoms with Gasteiger partial charge in [0.15, 0.2) is 17.2 Å². The standard InChI is InChI=1S/C28H36F3N7O3/c1-17-13-20(39-2)8-10-35(17)21-14-23(37-18-6-7-19(37)16-40-15-18)32-27-25(21)26(28(29,30)31)34-38(27)22-9-11-36(33-22)24-5-3-4-12-41-24/h9,11,14,17-20,24H,3-8,10,12-13,15-16H2,1-2H3/t17-,18?,19?,20?,24?/m1/s1/i2D3. The van der Waals surface area contributed by atoms with Gasteiger partial charge in [0.05, 0.1) is 46.6 Å². The van der Waals surface area contributed by atoms with Crippen LogP contribution in [0.3, 0.4) is 0 Å². The number of aromatic nitrogens is 5. The van der Waals surface area contributed by atoms with Crippen LogP contribution >= 0.6 is 0 Å². The Hall–Kier alpha value is -2.90. The maximum absolute atomic E-state index is 14.7. The van der Waals surface area contributed by atoms with Crippen molar-refractivity contribution in [2.24, 2.45) is 0 Å². The van der Waals surface area contributed by atoms with Crippen molar-refractivity contribution in [3.8, 4) is 5.82 Å². The third kappa shape index (κ3) is 4.75. The normalized spacial score (nSPS) is 30.4. The second-order valence-electron chi connectivity index (χ2n) is 11.6. The number of pyridine rings is 1. The van der Waals surface area contributed by atoms with Gasteiger partial charge in [-0.15, -0.1) is 0 Å². The van der Waals surface area contributed by atoms with Gasteiger partial charge in [-0.3, -0.25) is 0 Å². The third-order valence-corrected chi connectivity index (χ3v) is 8.94. The van der Waals surface area contributed by atoms with Crippen LogP contribution in [0.25, 0.3) is 16.9 Å². The second kappa shape index (κ2) is 10.4. The fourth-order valence-electron chi connectivity index (χ4n) is 6.93. The minimum atomic E-state index is -4.76. The van der Waals surface area contributed by atoms with Crippen molar-refractivity contribution >= 4 is 22.5 Å². The summed E-state index contributed by atoms with van der Waals surface area (Å²) in [7, 11) is -2.55. The number of methoxy groups -OCH3 is 1. The lowest BCUT2D eigenvalue weighted by Gasteiger charge is -2.40. The molecule has 4 aliphatic rings. The van der Waals surface area contributed by atoms with E-state index in [-0.39, 0.29) is 41.2 Å². The Morgan fingerprint density at radius 1 is 1.07 bits per heavy atom. The quantitative estimate of drug-likeness (QED) is 0.431. The lowest BCUT2D eigenvalue weighted by molar-refractivity contribution is -0.140. The summed E-state index contributed by atoms with van der Waals surface area (Å²) < 4.78 is 86.5. The zero-order valence-corrected chi connectivity index (χ0v) is 22.9. The molecule has 2 bridgehead atoms. The highest BCUT2D eigenvalue weighted by molar-refractivity contribution is 5.95. The molecule has 0 aromatic carbocycles. The number of anilines is 2. The molecule has 4 unspecified atom stereocenters.